The molecule has 0 amide bonds. The number of benzene rings is 1. The largest absolute Gasteiger partial charge is 0.586 e. The van der Waals surface area contributed by atoms with Crippen LogP contribution in [-0.4, -0.2) is 48.2 Å². The van der Waals surface area contributed by atoms with E-state index in [-0.39, 0.29) is 29.2 Å². The molecule has 1 unspecified atom stereocenters. The Morgan fingerprint density at radius 1 is 1.29 bits per heavy atom. The van der Waals surface area contributed by atoms with Crippen molar-refractivity contribution in [2.75, 3.05) is 20.7 Å². The van der Waals surface area contributed by atoms with Gasteiger partial charge in [-0.2, -0.15) is 0 Å². The maximum atomic E-state index is 13.1. The first-order valence-corrected chi connectivity index (χ1v) is 6.59. The summed E-state index contributed by atoms with van der Waals surface area (Å²) in [6, 6.07) is 2.51. The fourth-order valence-electron chi connectivity index (χ4n) is 2.39. The summed E-state index contributed by atoms with van der Waals surface area (Å²) in [5, 5.41) is 13.2. The molecule has 0 fully saturated rings. The summed E-state index contributed by atoms with van der Waals surface area (Å²) in [6.45, 7) is -0.0649. The molecule has 2 aliphatic rings. The van der Waals surface area contributed by atoms with Crippen LogP contribution in [-0.2, 0) is 0 Å². The number of alkyl halides is 2. The molecule has 0 aromatic heterocycles. The van der Waals surface area contributed by atoms with Crippen molar-refractivity contribution >= 4 is 17.3 Å². The minimum Gasteiger partial charge on any atom is -0.395 e. The third-order valence-electron chi connectivity index (χ3n) is 3.61. The molecule has 0 spiro atoms. The van der Waals surface area contributed by atoms with E-state index >= 15 is 0 Å². The van der Waals surface area contributed by atoms with E-state index in [0.717, 1.165) is 0 Å². The Hall–Kier alpha value is -1.57. The van der Waals surface area contributed by atoms with Gasteiger partial charge in [-0.25, -0.2) is 5.01 Å². The average Bonchev–Trinajstić information content (AvgIpc) is 2.85. The van der Waals surface area contributed by atoms with Crippen molar-refractivity contribution in [3.63, 3.8) is 0 Å². The van der Waals surface area contributed by atoms with Crippen molar-refractivity contribution in [2.45, 2.75) is 12.3 Å². The molecule has 1 atom stereocenters. The van der Waals surface area contributed by atoms with Gasteiger partial charge in [0.05, 0.1) is 23.4 Å². The summed E-state index contributed by atoms with van der Waals surface area (Å²) in [5.41, 5.74) is 1.23. The van der Waals surface area contributed by atoms with E-state index in [1.807, 2.05) is 11.1 Å². The molecule has 5 nitrogen and oxygen atoms in total. The smallest absolute Gasteiger partial charge is 0.395 e. The highest BCUT2D eigenvalue weighted by molar-refractivity contribution is 6.32. The van der Waals surface area contributed by atoms with Gasteiger partial charge in [-0.1, -0.05) is 11.6 Å². The highest BCUT2D eigenvalue weighted by Crippen LogP contribution is 2.46. The van der Waals surface area contributed by atoms with Crippen LogP contribution in [0.3, 0.4) is 0 Å². The van der Waals surface area contributed by atoms with Crippen molar-refractivity contribution in [1.82, 2.24) is 10.0 Å². The number of aliphatic hydroxyl groups excluding tert-OH is 1. The molecule has 114 valence electrons. The lowest BCUT2D eigenvalue weighted by molar-refractivity contribution is -0.286. The molecule has 2 heterocycles. The van der Waals surface area contributed by atoms with Crippen LogP contribution in [0.25, 0.3) is 5.70 Å². The molecule has 2 aliphatic heterocycles. The van der Waals surface area contributed by atoms with Crippen LogP contribution in [0.2, 0.25) is 5.02 Å². The van der Waals surface area contributed by atoms with E-state index in [1.54, 1.807) is 19.1 Å². The summed E-state index contributed by atoms with van der Waals surface area (Å²) in [5.74, 6) is -0.161. The molecular formula is C13H13ClF2N2O3. The number of fused-ring (bicyclic) bond motifs is 1. The van der Waals surface area contributed by atoms with Crippen molar-refractivity contribution in [3.8, 4) is 11.5 Å². The number of halogens is 3. The Kier molecular flexibility index (Phi) is 3.23. The van der Waals surface area contributed by atoms with E-state index in [2.05, 4.69) is 9.47 Å². The number of likely N-dealkylation sites (N-methyl/N-ethyl adjacent to an activating group) is 1. The third kappa shape index (κ3) is 2.31. The predicted molar refractivity (Wildman–Crippen MR) is 72.0 cm³/mol. The zero-order valence-corrected chi connectivity index (χ0v) is 12.1. The Labute approximate surface area is 124 Å². The Morgan fingerprint density at radius 2 is 1.90 bits per heavy atom. The number of aliphatic hydroxyl groups is 1. The standard InChI is InChI=1S/C13H13ClF2N2O3/c1-17-7(6-19)3-10(18(17)2)8-4-11-12(5-9(8)14)21-13(15,16)20-11/h3-5,7,19H,6H2,1-2H3. The number of rotatable bonds is 2. The third-order valence-corrected chi connectivity index (χ3v) is 3.92. The van der Waals surface area contributed by atoms with Crippen LogP contribution in [0, 0.1) is 0 Å². The van der Waals surface area contributed by atoms with Gasteiger partial charge in [0.25, 0.3) is 0 Å². The number of ether oxygens (including phenoxy) is 2. The molecule has 8 heteroatoms. The van der Waals surface area contributed by atoms with Crippen LogP contribution >= 0.6 is 11.6 Å². The zero-order chi connectivity index (χ0) is 15.4. The van der Waals surface area contributed by atoms with Crippen molar-refractivity contribution in [3.05, 3.63) is 28.8 Å². The van der Waals surface area contributed by atoms with E-state index < -0.39 is 6.29 Å². The summed E-state index contributed by atoms with van der Waals surface area (Å²) >= 11 is 6.16. The Morgan fingerprint density at radius 3 is 2.48 bits per heavy atom. The summed E-state index contributed by atoms with van der Waals surface area (Å²) in [4.78, 5) is 0. The molecule has 1 N–H and O–H groups in total. The van der Waals surface area contributed by atoms with Gasteiger partial charge >= 0.3 is 6.29 Å². The van der Waals surface area contributed by atoms with Gasteiger partial charge < -0.3 is 19.6 Å². The lowest BCUT2D eigenvalue weighted by Gasteiger charge is -2.28. The van der Waals surface area contributed by atoms with Crippen LogP contribution < -0.4 is 9.47 Å². The van der Waals surface area contributed by atoms with Crippen molar-refractivity contribution < 1.29 is 23.4 Å². The molecular weight excluding hydrogens is 306 g/mol. The maximum absolute atomic E-state index is 13.1. The summed E-state index contributed by atoms with van der Waals surface area (Å²) in [7, 11) is 3.59. The van der Waals surface area contributed by atoms with Gasteiger partial charge in [-0.3, -0.25) is 0 Å². The van der Waals surface area contributed by atoms with E-state index in [1.165, 1.54) is 12.1 Å². The molecule has 0 radical (unpaired) electrons. The normalized spacial score (nSPS) is 23.6. The van der Waals surface area contributed by atoms with Gasteiger partial charge in [-0.15, -0.1) is 8.78 Å². The van der Waals surface area contributed by atoms with Crippen LogP contribution in [0.5, 0.6) is 11.5 Å². The van der Waals surface area contributed by atoms with E-state index in [0.29, 0.717) is 11.3 Å². The number of nitrogens with zero attached hydrogens (tertiary/aromatic N) is 2. The molecule has 3 rings (SSSR count). The molecule has 0 bridgehead atoms. The van der Waals surface area contributed by atoms with E-state index in [4.69, 9.17) is 11.6 Å². The first-order chi connectivity index (χ1) is 9.82. The zero-order valence-electron chi connectivity index (χ0n) is 11.3. The summed E-state index contributed by atoms with van der Waals surface area (Å²) in [6.07, 6.45) is -1.87. The van der Waals surface area contributed by atoms with Crippen LogP contribution in [0.15, 0.2) is 18.2 Å². The average molecular weight is 319 g/mol. The fourth-order valence-corrected chi connectivity index (χ4v) is 2.64. The van der Waals surface area contributed by atoms with E-state index in [9.17, 15) is 13.9 Å². The van der Waals surface area contributed by atoms with Crippen molar-refractivity contribution in [2.24, 2.45) is 0 Å². The first kappa shape index (κ1) is 14.4. The molecule has 0 saturated carbocycles. The second-order valence-corrected chi connectivity index (χ2v) is 5.25. The lowest BCUT2D eigenvalue weighted by Crippen LogP contribution is -2.37. The van der Waals surface area contributed by atoms with Crippen molar-refractivity contribution in [1.29, 1.82) is 0 Å². The fraction of sp³-hybridized carbons (Fsp3) is 0.385. The first-order valence-electron chi connectivity index (χ1n) is 6.21. The van der Waals surface area contributed by atoms with Crippen LogP contribution in [0.4, 0.5) is 8.78 Å². The minimum absolute atomic E-state index is 0.0649. The molecule has 1 aromatic rings. The van der Waals surface area contributed by atoms with Gasteiger partial charge in [0.2, 0.25) is 0 Å². The molecule has 0 saturated heterocycles. The maximum Gasteiger partial charge on any atom is 0.586 e. The number of hydrogen-bond acceptors (Lipinski definition) is 5. The van der Waals surface area contributed by atoms with Crippen LogP contribution in [0.1, 0.15) is 5.56 Å². The van der Waals surface area contributed by atoms with Gasteiger partial charge in [0.1, 0.15) is 0 Å². The Balaban J connectivity index is 2.02. The molecule has 0 aliphatic carbocycles. The second kappa shape index (κ2) is 4.72. The topological polar surface area (TPSA) is 45.2 Å². The quantitative estimate of drug-likeness (QED) is 0.905. The molecule has 1 aromatic carbocycles. The Bertz CT molecular complexity index is 624. The number of hydrazine groups is 1. The number of hydrogen-bond donors (Lipinski definition) is 1. The predicted octanol–water partition coefficient (Wildman–Crippen LogP) is 2.16. The highest BCUT2D eigenvalue weighted by Gasteiger charge is 2.44. The summed E-state index contributed by atoms with van der Waals surface area (Å²) < 4.78 is 35.0. The monoisotopic (exact) mass is 318 g/mol. The van der Waals surface area contributed by atoms with Gasteiger partial charge in [-0.05, 0) is 12.1 Å². The highest BCUT2D eigenvalue weighted by atomic mass is 35.5. The second-order valence-electron chi connectivity index (χ2n) is 4.85. The lowest BCUT2D eigenvalue weighted by atomic mass is 10.1. The van der Waals surface area contributed by atoms with Gasteiger partial charge in [0, 0.05) is 25.7 Å². The van der Waals surface area contributed by atoms with Gasteiger partial charge in [0.15, 0.2) is 11.5 Å². The molecule has 21 heavy (non-hydrogen) atoms. The minimum atomic E-state index is -3.68. The SMILES string of the molecule is CN1C(c2cc3c(cc2Cl)OC(F)(F)O3)=CC(CO)N1C.